The predicted molar refractivity (Wildman–Crippen MR) is 79.1 cm³/mol. The SMILES string of the molecule is Clc1ccc2c(c1)N[C@H]1SC=C3C=CC=C[C@@H]3N21. The van der Waals surface area contributed by atoms with Crippen molar-refractivity contribution in [3.63, 3.8) is 0 Å². The van der Waals surface area contributed by atoms with E-state index in [1.54, 1.807) is 11.8 Å². The first kappa shape index (κ1) is 10.6. The molecule has 1 aliphatic carbocycles. The Labute approximate surface area is 115 Å². The zero-order valence-corrected chi connectivity index (χ0v) is 11.1. The number of nitrogens with one attached hydrogen (secondary N) is 1. The summed E-state index contributed by atoms with van der Waals surface area (Å²) in [5.74, 6) is 0. The second kappa shape index (κ2) is 3.84. The van der Waals surface area contributed by atoms with Gasteiger partial charge in [-0.2, -0.15) is 0 Å². The number of nitrogens with zero attached hydrogens (tertiary/aromatic N) is 1. The van der Waals surface area contributed by atoms with Crippen LogP contribution in [0.2, 0.25) is 5.02 Å². The Morgan fingerprint density at radius 2 is 2.22 bits per heavy atom. The highest BCUT2D eigenvalue weighted by atomic mass is 35.5. The highest BCUT2D eigenvalue weighted by molar-refractivity contribution is 8.03. The summed E-state index contributed by atoms with van der Waals surface area (Å²) in [6, 6.07) is 6.38. The lowest BCUT2D eigenvalue weighted by Crippen LogP contribution is -2.43. The third-order valence-electron chi connectivity index (χ3n) is 3.44. The minimum atomic E-state index is 0.267. The van der Waals surface area contributed by atoms with Crippen LogP contribution in [0.25, 0.3) is 0 Å². The van der Waals surface area contributed by atoms with E-state index in [4.69, 9.17) is 11.6 Å². The van der Waals surface area contributed by atoms with Crippen molar-refractivity contribution in [3.05, 3.63) is 58.5 Å². The van der Waals surface area contributed by atoms with Gasteiger partial charge in [0.05, 0.1) is 17.4 Å². The average molecular weight is 275 g/mol. The van der Waals surface area contributed by atoms with E-state index >= 15 is 0 Å². The van der Waals surface area contributed by atoms with Crippen LogP contribution in [0, 0.1) is 0 Å². The molecule has 2 aliphatic heterocycles. The molecule has 4 rings (SSSR count). The molecule has 90 valence electrons. The van der Waals surface area contributed by atoms with Crippen molar-refractivity contribution >= 4 is 34.7 Å². The Balaban J connectivity index is 1.82. The van der Waals surface area contributed by atoms with Gasteiger partial charge < -0.3 is 10.2 Å². The number of rotatable bonds is 0. The Hall–Kier alpha value is -1.32. The van der Waals surface area contributed by atoms with E-state index in [0.717, 1.165) is 10.7 Å². The van der Waals surface area contributed by atoms with Crippen LogP contribution in [0.1, 0.15) is 0 Å². The van der Waals surface area contributed by atoms with Crippen molar-refractivity contribution in [3.8, 4) is 0 Å². The summed E-state index contributed by atoms with van der Waals surface area (Å²) in [6.07, 6.45) is 8.63. The van der Waals surface area contributed by atoms with E-state index in [1.807, 2.05) is 12.1 Å². The molecule has 0 saturated heterocycles. The van der Waals surface area contributed by atoms with Crippen LogP contribution >= 0.6 is 23.4 Å². The second-order valence-electron chi connectivity index (χ2n) is 4.51. The largest absolute Gasteiger partial charge is 0.355 e. The lowest BCUT2D eigenvalue weighted by Gasteiger charge is -2.37. The fourth-order valence-electron chi connectivity index (χ4n) is 2.62. The van der Waals surface area contributed by atoms with E-state index in [0.29, 0.717) is 6.04 Å². The molecule has 2 atom stereocenters. The molecule has 2 nitrogen and oxygen atoms in total. The molecule has 0 radical (unpaired) electrons. The molecular weight excluding hydrogens is 264 g/mol. The molecule has 0 spiro atoms. The summed E-state index contributed by atoms with van der Waals surface area (Å²) < 4.78 is 0. The van der Waals surface area contributed by atoms with Gasteiger partial charge in [-0.05, 0) is 29.2 Å². The maximum Gasteiger partial charge on any atom is 0.153 e. The Bertz CT molecular complexity index is 606. The summed E-state index contributed by atoms with van der Waals surface area (Å²) in [5, 5.41) is 6.53. The molecule has 0 bridgehead atoms. The quantitative estimate of drug-likeness (QED) is 0.770. The highest BCUT2D eigenvalue weighted by Gasteiger charge is 2.37. The Kier molecular flexibility index (Phi) is 2.26. The van der Waals surface area contributed by atoms with Crippen molar-refractivity contribution in [2.75, 3.05) is 10.2 Å². The first-order valence-corrected chi connectivity index (χ1v) is 7.20. The summed E-state index contributed by atoms with van der Waals surface area (Å²) in [7, 11) is 0. The molecule has 0 aromatic heterocycles. The highest BCUT2D eigenvalue weighted by Crippen LogP contribution is 2.46. The first-order valence-electron chi connectivity index (χ1n) is 5.88. The normalized spacial score (nSPS) is 27.2. The third kappa shape index (κ3) is 1.44. The first-order chi connectivity index (χ1) is 8.83. The lowest BCUT2D eigenvalue weighted by molar-refractivity contribution is 0.782. The average Bonchev–Trinajstić information content (AvgIpc) is 2.76. The number of thioether (sulfide) groups is 1. The Morgan fingerprint density at radius 1 is 1.28 bits per heavy atom. The van der Waals surface area contributed by atoms with Gasteiger partial charge in [-0.1, -0.05) is 47.7 Å². The van der Waals surface area contributed by atoms with Crippen molar-refractivity contribution in [1.82, 2.24) is 0 Å². The van der Waals surface area contributed by atoms with Crippen molar-refractivity contribution in [2.24, 2.45) is 0 Å². The minimum absolute atomic E-state index is 0.267. The molecule has 0 unspecified atom stereocenters. The molecule has 1 aromatic rings. The number of fused-ring (bicyclic) bond motifs is 5. The number of anilines is 2. The molecule has 2 heterocycles. The van der Waals surface area contributed by atoms with Crippen LogP contribution < -0.4 is 10.2 Å². The molecule has 1 aromatic carbocycles. The van der Waals surface area contributed by atoms with Crippen LogP contribution in [-0.4, -0.2) is 11.5 Å². The second-order valence-corrected chi connectivity index (χ2v) is 5.90. The van der Waals surface area contributed by atoms with E-state index in [9.17, 15) is 0 Å². The van der Waals surface area contributed by atoms with Gasteiger partial charge in [-0.15, -0.1) is 0 Å². The van der Waals surface area contributed by atoms with Gasteiger partial charge in [0.2, 0.25) is 0 Å². The maximum absolute atomic E-state index is 6.05. The lowest BCUT2D eigenvalue weighted by atomic mass is 10.0. The summed E-state index contributed by atoms with van der Waals surface area (Å²) in [4.78, 5) is 2.41. The van der Waals surface area contributed by atoms with Crippen molar-refractivity contribution in [1.29, 1.82) is 0 Å². The molecule has 3 aliphatic rings. The monoisotopic (exact) mass is 274 g/mol. The zero-order chi connectivity index (χ0) is 12.1. The van der Waals surface area contributed by atoms with Crippen LogP contribution in [-0.2, 0) is 0 Å². The Morgan fingerprint density at radius 3 is 3.17 bits per heavy atom. The molecular formula is C14H11ClN2S. The van der Waals surface area contributed by atoms with Gasteiger partial charge in [0, 0.05) is 5.02 Å². The minimum Gasteiger partial charge on any atom is -0.355 e. The van der Waals surface area contributed by atoms with Gasteiger partial charge in [0.1, 0.15) is 0 Å². The molecule has 0 fully saturated rings. The van der Waals surface area contributed by atoms with E-state index < -0.39 is 0 Å². The molecule has 0 saturated carbocycles. The summed E-state index contributed by atoms with van der Waals surface area (Å²) in [6.45, 7) is 0. The van der Waals surface area contributed by atoms with Gasteiger partial charge in [0.15, 0.2) is 5.50 Å². The molecule has 4 heteroatoms. The topological polar surface area (TPSA) is 15.3 Å². The summed E-state index contributed by atoms with van der Waals surface area (Å²) >= 11 is 7.86. The van der Waals surface area contributed by atoms with Crippen LogP contribution in [0.3, 0.4) is 0 Å². The van der Waals surface area contributed by atoms with Crippen LogP contribution in [0.4, 0.5) is 11.4 Å². The van der Waals surface area contributed by atoms with Gasteiger partial charge in [-0.3, -0.25) is 0 Å². The fourth-order valence-corrected chi connectivity index (χ4v) is 3.87. The number of allylic oxidation sites excluding steroid dienone is 2. The number of halogens is 1. The van der Waals surface area contributed by atoms with Crippen LogP contribution in [0.5, 0.6) is 0 Å². The van der Waals surface area contributed by atoms with E-state index in [2.05, 4.69) is 46.0 Å². The van der Waals surface area contributed by atoms with Crippen LogP contribution in [0.15, 0.2) is 53.5 Å². The maximum atomic E-state index is 6.05. The molecule has 18 heavy (non-hydrogen) atoms. The number of hydrogen-bond donors (Lipinski definition) is 1. The van der Waals surface area contributed by atoms with E-state index in [1.165, 1.54) is 11.3 Å². The van der Waals surface area contributed by atoms with Crippen molar-refractivity contribution in [2.45, 2.75) is 11.5 Å². The zero-order valence-electron chi connectivity index (χ0n) is 9.51. The fraction of sp³-hybridized carbons (Fsp3) is 0.143. The van der Waals surface area contributed by atoms with E-state index in [-0.39, 0.29) is 5.50 Å². The van der Waals surface area contributed by atoms with Gasteiger partial charge in [-0.25, -0.2) is 0 Å². The third-order valence-corrected chi connectivity index (χ3v) is 4.68. The summed E-state index contributed by atoms with van der Waals surface area (Å²) in [5.41, 5.74) is 3.97. The molecule has 1 N–H and O–H groups in total. The number of hydrogen-bond acceptors (Lipinski definition) is 3. The standard InChI is InChI=1S/C14H11ClN2S/c15-10-5-6-13-11(7-10)16-14-17(13)12-4-2-1-3-9(12)8-18-14/h1-8,12,14,16H/t12-,14+/m0/s1. The smallest absolute Gasteiger partial charge is 0.153 e. The van der Waals surface area contributed by atoms with Crippen molar-refractivity contribution < 1.29 is 0 Å². The predicted octanol–water partition coefficient (Wildman–Crippen LogP) is 3.98. The van der Waals surface area contributed by atoms with Gasteiger partial charge >= 0.3 is 0 Å². The number of benzene rings is 1. The van der Waals surface area contributed by atoms with Gasteiger partial charge in [0.25, 0.3) is 0 Å². The molecule has 0 amide bonds.